The highest BCUT2D eigenvalue weighted by atomic mass is 16.4. The molecule has 0 spiro atoms. The van der Waals surface area contributed by atoms with Gasteiger partial charge in [-0.3, -0.25) is 0 Å². The molecule has 0 atom stereocenters. The molecule has 0 aliphatic rings. The Kier molecular flexibility index (Phi) is 2.15. The second-order valence-electron chi connectivity index (χ2n) is 3.56. The van der Waals surface area contributed by atoms with Gasteiger partial charge in [0.1, 0.15) is 5.52 Å². The van der Waals surface area contributed by atoms with Crippen LogP contribution in [0.2, 0.25) is 0 Å². The van der Waals surface area contributed by atoms with E-state index in [2.05, 4.69) is 9.97 Å². The Labute approximate surface area is 85.8 Å². The summed E-state index contributed by atoms with van der Waals surface area (Å²) in [6.45, 7) is 3.89. The number of hydrogen-bond donors (Lipinski definition) is 1. The third-order valence-electron chi connectivity index (χ3n) is 2.00. The fraction of sp³-hybridized carbons (Fsp3) is 0.300. The quantitative estimate of drug-likeness (QED) is 0.813. The van der Waals surface area contributed by atoms with Gasteiger partial charge >= 0.3 is 5.97 Å². The monoisotopic (exact) mass is 206 g/mol. The normalized spacial score (nSPS) is 11.1. The minimum absolute atomic E-state index is 0.117. The Morgan fingerprint density at radius 2 is 2.27 bits per heavy atom. The van der Waals surface area contributed by atoms with Crippen LogP contribution in [-0.2, 0) is 0 Å². The number of oxazole rings is 1. The van der Waals surface area contributed by atoms with Gasteiger partial charge in [0.05, 0.1) is 5.56 Å². The molecule has 0 bridgehead atoms. The van der Waals surface area contributed by atoms with Gasteiger partial charge in [-0.05, 0) is 6.07 Å². The van der Waals surface area contributed by atoms with E-state index < -0.39 is 5.97 Å². The number of aromatic carboxylic acids is 1. The number of nitrogens with zero attached hydrogens (tertiary/aromatic N) is 2. The van der Waals surface area contributed by atoms with Crippen LogP contribution in [0.4, 0.5) is 0 Å². The molecule has 0 fully saturated rings. The Hall–Kier alpha value is -1.91. The average molecular weight is 206 g/mol. The number of rotatable bonds is 2. The summed E-state index contributed by atoms with van der Waals surface area (Å²) in [6, 6.07) is 1.46. The molecule has 0 saturated carbocycles. The first-order chi connectivity index (χ1) is 7.08. The van der Waals surface area contributed by atoms with Crippen LogP contribution in [0.5, 0.6) is 0 Å². The molecule has 2 rings (SSSR count). The summed E-state index contributed by atoms with van der Waals surface area (Å²) >= 11 is 0. The lowest BCUT2D eigenvalue weighted by atomic mass is 10.2. The molecule has 0 saturated heterocycles. The number of carbonyl (C=O) groups is 1. The fourth-order valence-corrected chi connectivity index (χ4v) is 1.20. The molecule has 15 heavy (non-hydrogen) atoms. The molecule has 78 valence electrons. The SMILES string of the molecule is CC(C)c1nc2cc(C(=O)O)cnc2o1. The van der Waals surface area contributed by atoms with E-state index in [4.69, 9.17) is 9.52 Å². The van der Waals surface area contributed by atoms with E-state index >= 15 is 0 Å². The van der Waals surface area contributed by atoms with Crippen molar-refractivity contribution in [2.45, 2.75) is 19.8 Å². The summed E-state index contributed by atoms with van der Waals surface area (Å²) in [4.78, 5) is 18.7. The topological polar surface area (TPSA) is 76.2 Å². The minimum atomic E-state index is -1.02. The van der Waals surface area contributed by atoms with Crippen molar-refractivity contribution < 1.29 is 14.3 Å². The van der Waals surface area contributed by atoms with Crippen molar-refractivity contribution in [3.05, 3.63) is 23.7 Å². The number of hydrogen-bond acceptors (Lipinski definition) is 4. The molecular formula is C10H10N2O3. The average Bonchev–Trinajstić information content (AvgIpc) is 2.59. The molecule has 5 nitrogen and oxygen atoms in total. The van der Waals surface area contributed by atoms with Gasteiger partial charge in [0.2, 0.25) is 5.71 Å². The first-order valence-electron chi connectivity index (χ1n) is 4.57. The van der Waals surface area contributed by atoms with E-state index in [-0.39, 0.29) is 11.5 Å². The minimum Gasteiger partial charge on any atom is -0.478 e. The Morgan fingerprint density at radius 1 is 1.53 bits per heavy atom. The van der Waals surface area contributed by atoms with Gasteiger partial charge in [-0.1, -0.05) is 13.8 Å². The van der Waals surface area contributed by atoms with Gasteiger partial charge in [0.25, 0.3) is 0 Å². The van der Waals surface area contributed by atoms with Crippen molar-refractivity contribution in [3.63, 3.8) is 0 Å². The molecule has 2 heterocycles. The second kappa shape index (κ2) is 3.34. The Balaban J connectivity index is 2.57. The third kappa shape index (κ3) is 1.68. The highest BCUT2D eigenvalue weighted by Crippen LogP contribution is 2.19. The summed E-state index contributed by atoms with van der Waals surface area (Å²) in [6.07, 6.45) is 1.26. The van der Waals surface area contributed by atoms with Crippen LogP contribution in [0.3, 0.4) is 0 Å². The zero-order chi connectivity index (χ0) is 11.0. The summed E-state index contributed by atoms with van der Waals surface area (Å²) in [5, 5.41) is 8.76. The van der Waals surface area contributed by atoms with Crippen LogP contribution >= 0.6 is 0 Å². The lowest BCUT2D eigenvalue weighted by Crippen LogP contribution is -1.96. The zero-order valence-electron chi connectivity index (χ0n) is 8.39. The van der Waals surface area contributed by atoms with Crippen LogP contribution in [0.25, 0.3) is 11.2 Å². The molecule has 0 amide bonds. The van der Waals surface area contributed by atoms with Crippen molar-refractivity contribution >= 4 is 17.2 Å². The predicted molar refractivity (Wildman–Crippen MR) is 52.9 cm³/mol. The number of aromatic nitrogens is 2. The molecule has 1 N–H and O–H groups in total. The van der Waals surface area contributed by atoms with Crippen LogP contribution in [-0.4, -0.2) is 21.0 Å². The number of pyridine rings is 1. The molecular weight excluding hydrogens is 196 g/mol. The van der Waals surface area contributed by atoms with Gasteiger partial charge in [-0.15, -0.1) is 0 Å². The highest BCUT2D eigenvalue weighted by molar-refractivity contribution is 5.90. The van der Waals surface area contributed by atoms with Crippen molar-refractivity contribution in [2.75, 3.05) is 0 Å². The maximum Gasteiger partial charge on any atom is 0.337 e. The number of carboxylic acids is 1. The van der Waals surface area contributed by atoms with E-state index in [0.717, 1.165) is 0 Å². The van der Waals surface area contributed by atoms with Crippen LogP contribution in [0.15, 0.2) is 16.7 Å². The summed E-state index contributed by atoms with van der Waals surface area (Å²) in [7, 11) is 0. The lowest BCUT2D eigenvalue weighted by molar-refractivity contribution is 0.0696. The van der Waals surface area contributed by atoms with Gasteiger partial charge in [0, 0.05) is 12.1 Å². The zero-order valence-corrected chi connectivity index (χ0v) is 8.39. The van der Waals surface area contributed by atoms with Crippen molar-refractivity contribution in [1.82, 2.24) is 9.97 Å². The smallest absolute Gasteiger partial charge is 0.337 e. The summed E-state index contributed by atoms with van der Waals surface area (Å²) in [5.74, 6) is -0.286. The molecule has 5 heteroatoms. The van der Waals surface area contributed by atoms with E-state index in [1.165, 1.54) is 12.3 Å². The van der Waals surface area contributed by atoms with Gasteiger partial charge in [0.15, 0.2) is 5.89 Å². The maximum absolute atomic E-state index is 10.7. The lowest BCUT2D eigenvalue weighted by Gasteiger charge is -1.93. The van der Waals surface area contributed by atoms with E-state index in [1.54, 1.807) is 0 Å². The molecule has 0 radical (unpaired) electrons. The van der Waals surface area contributed by atoms with Crippen LogP contribution in [0.1, 0.15) is 36.0 Å². The molecule has 2 aromatic rings. The standard InChI is InChI=1S/C10H10N2O3/c1-5(2)8-12-7-3-6(10(13)14)4-11-9(7)15-8/h3-5H,1-2H3,(H,13,14). The molecule has 0 aliphatic carbocycles. The van der Waals surface area contributed by atoms with E-state index in [9.17, 15) is 4.79 Å². The Morgan fingerprint density at radius 3 is 2.87 bits per heavy atom. The highest BCUT2D eigenvalue weighted by Gasteiger charge is 2.12. The van der Waals surface area contributed by atoms with Gasteiger partial charge in [-0.2, -0.15) is 0 Å². The summed E-state index contributed by atoms with van der Waals surface area (Å²) in [5.41, 5.74) is 0.980. The first-order valence-corrected chi connectivity index (χ1v) is 4.57. The number of carboxylic acid groups (broad SMARTS) is 1. The largest absolute Gasteiger partial charge is 0.478 e. The fourth-order valence-electron chi connectivity index (χ4n) is 1.20. The maximum atomic E-state index is 10.7. The molecule has 0 unspecified atom stereocenters. The molecule has 2 aromatic heterocycles. The first kappa shape index (κ1) is 9.64. The van der Waals surface area contributed by atoms with Crippen molar-refractivity contribution in [2.24, 2.45) is 0 Å². The summed E-state index contributed by atoms with van der Waals surface area (Å²) < 4.78 is 5.35. The van der Waals surface area contributed by atoms with Crippen molar-refractivity contribution in [1.29, 1.82) is 0 Å². The van der Waals surface area contributed by atoms with E-state index in [1.807, 2.05) is 13.8 Å². The van der Waals surface area contributed by atoms with Crippen LogP contribution in [0, 0.1) is 0 Å². The van der Waals surface area contributed by atoms with Crippen molar-refractivity contribution in [3.8, 4) is 0 Å². The third-order valence-corrected chi connectivity index (χ3v) is 2.00. The van der Waals surface area contributed by atoms with Crippen LogP contribution < -0.4 is 0 Å². The van der Waals surface area contributed by atoms with E-state index in [0.29, 0.717) is 17.1 Å². The molecule has 0 aliphatic heterocycles. The second-order valence-corrected chi connectivity index (χ2v) is 3.56. The van der Waals surface area contributed by atoms with Gasteiger partial charge in [-0.25, -0.2) is 14.8 Å². The number of fused-ring (bicyclic) bond motifs is 1. The predicted octanol–water partition coefficient (Wildman–Crippen LogP) is 2.04. The van der Waals surface area contributed by atoms with Gasteiger partial charge < -0.3 is 9.52 Å². The molecule has 0 aromatic carbocycles. The Bertz CT molecular complexity index is 516.